The van der Waals surface area contributed by atoms with Crippen LogP contribution in [0.3, 0.4) is 0 Å². The smallest absolute Gasteiger partial charge is 0.303 e. The summed E-state index contributed by atoms with van der Waals surface area (Å²) in [4.78, 5) is 24.2. The van der Waals surface area contributed by atoms with E-state index in [4.69, 9.17) is 5.11 Å². The molecule has 1 aliphatic rings. The number of hydrogen-bond acceptors (Lipinski definition) is 3. The van der Waals surface area contributed by atoms with Gasteiger partial charge in [-0.2, -0.15) is 0 Å². The molecule has 1 atom stereocenters. The molecule has 18 heavy (non-hydrogen) atoms. The van der Waals surface area contributed by atoms with Gasteiger partial charge in [-0.25, -0.2) is 0 Å². The van der Waals surface area contributed by atoms with E-state index < -0.39 is 5.97 Å². The van der Waals surface area contributed by atoms with E-state index in [1.807, 2.05) is 36.1 Å². The van der Waals surface area contributed by atoms with E-state index in [1.165, 1.54) is 0 Å². The SMILES string of the molecule is CC(CCC(=O)O)N1CC(=O)Nc2ccccc21. The summed E-state index contributed by atoms with van der Waals surface area (Å²) >= 11 is 0. The third-order valence-corrected chi connectivity index (χ3v) is 3.11. The molecule has 5 nitrogen and oxygen atoms in total. The van der Waals surface area contributed by atoms with Crippen LogP contribution < -0.4 is 10.2 Å². The first-order chi connectivity index (χ1) is 8.58. The predicted molar refractivity (Wildman–Crippen MR) is 68.7 cm³/mol. The van der Waals surface area contributed by atoms with Crippen LogP contribution in [-0.4, -0.2) is 29.6 Å². The van der Waals surface area contributed by atoms with Gasteiger partial charge in [-0.1, -0.05) is 12.1 Å². The Labute approximate surface area is 105 Å². The van der Waals surface area contributed by atoms with Crippen LogP contribution in [0.5, 0.6) is 0 Å². The maximum absolute atomic E-state index is 11.6. The molecule has 1 amide bonds. The van der Waals surface area contributed by atoms with Crippen LogP contribution in [0.15, 0.2) is 24.3 Å². The quantitative estimate of drug-likeness (QED) is 0.850. The minimum Gasteiger partial charge on any atom is -0.481 e. The van der Waals surface area contributed by atoms with Crippen molar-refractivity contribution in [3.8, 4) is 0 Å². The first kappa shape index (κ1) is 12.4. The Bertz CT molecular complexity index is 473. The molecule has 0 aliphatic carbocycles. The second-order valence-corrected chi connectivity index (χ2v) is 4.47. The molecule has 1 unspecified atom stereocenters. The van der Waals surface area contributed by atoms with Crippen LogP contribution in [0.4, 0.5) is 11.4 Å². The number of fused-ring (bicyclic) bond motifs is 1. The molecule has 0 saturated heterocycles. The molecule has 2 rings (SSSR count). The summed E-state index contributed by atoms with van der Waals surface area (Å²) in [6.07, 6.45) is 0.637. The average molecular weight is 248 g/mol. The number of carbonyl (C=O) groups is 2. The standard InChI is InChI=1S/C13H16N2O3/c1-9(6-7-13(17)18)15-8-12(16)14-10-4-2-3-5-11(10)15/h2-5,9H,6-8H2,1H3,(H,14,16)(H,17,18). The number of nitrogens with one attached hydrogen (secondary N) is 1. The van der Waals surface area contributed by atoms with E-state index in [0.717, 1.165) is 11.4 Å². The highest BCUT2D eigenvalue weighted by molar-refractivity contribution is 6.01. The van der Waals surface area contributed by atoms with Crippen LogP contribution in [0.2, 0.25) is 0 Å². The summed E-state index contributed by atoms with van der Waals surface area (Å²) in [5.41, 5.74) is 1.74. The van der Waals surface area contributed by atoms with Crippen LogP contribution >= 0.6 is 0 Å². The van der Waals surface area contributed by atoms with E-state index in [2.05, 4.69) is 5.32 Å². The zero-order chi connectivity index (χ0) is 13.1. The molecule has 96 valence electrons. The summed E-state index contributed by atoms with van der Waals surface area (Å²) < 4.78 is 0. The zero-order valence-corrected chi connectivity index (χ0v) is 10.2. The Morgan fingerprint density at radius 2 is 2.22 bits per heavy atom. The lowest BCUT2D eigenvalue weighted by atomic mass is 10.1. The van der Waals surface area contributed by atoms with Crippen molar-refractivity contribution in [3.63, 3.8) is 0 Å². The Balaban J connectivity index is 2.17. The molecule has 1 heterocycles. The van der Waals surface area contributed by atoms with Gasteiger partial charge >= 0.3 is 5.97 Å². The van der Waals surface area contributed by atoms with E-state index in [1.54, 1.807) is 0 Å². The highest BCUT2D eigenvalue weighted by Gasteiger charge is 2.25. The number of amides is 1. The van der Waals surface area contributed by atoms with Gasteiger partial charge in [0.25, 0.3) is 0 Å². The molecule has 5 heteroatoms. The lowest BCUT2D eigenvalue weighted by molar-refractivity contribution is -0.137. The summed E-state index contributed by atoms with van der Waals surface area (Å²) in [6, 6.07) is 7.58. The van der Waals surface area contributed by atoms with Gasteiger partial charge in [-0.3, -0.25) is 9.59 Å². The third kappa shape index (κ3) is 2.61. The summed E-state index contributed by atoms with van der Waals surface area (Å²) in [7, 11) is 0. The number of nitrogens with zero attached hydrogens (tertiary/aromatic N) is 1. The fourth-order valence-electron chi connectivity index (χ4n) is 2.14. The number of benzene rings is 1. The number of carbonyl (C=O) groups excluding carboxylic acids is 1. The number of anilines is 2. The van der Waals surface area contributed by atoms with Gasteiger partial charge in [0.2, 0.25) is 5.91 Å². The van der Waals surface area contributed by atoms with E-state index >= 15 is 0 Å². The Morgan fingerprint density at radius 3 is 2.94 bits per heavy atom. The van der Waals surface area contributed by atoms with Crippen molar-refractivity contribution in [2.45, 2.75) is 25.8 Å². The number of carboxylic acid groups (broad SMARTS) is 1. The molecule has 0 saturated carbocycles. The van der Waals surface area contributed by atoms with E-state index in [-0.39, 0.29) is 24.9 Å². The van der Waals surface area contributed by atoms with Crippen molar-refractivity contribution in [2.75, 3.05) is 16.8 Å². The van der Waals surface area contributed by atoms with Gasteiger partial charge in [0.05, 0.1) is 17.9 Å². The molecule has 0 aromatic heterocycles. The van der Waals surface area contributed by atoms with Crippen molar-refractivity contribution in [3.05, 3.63) is 24.3 Å². The lowest BCUT2D eigenvalue weighted by Gasteiger charge is -2.35. The normalized spacial score (nSPS) is 15.8. The van der Waals surface area contributed by atoms with Gasteiger partial charge in [-0.05, 0) is 25.5 Å². The van der Waals surface area contributed by atoms with E-state index in [9.17, 15) is 9.59 Å². The number of rotatable bonds is 4. The van der Waals surface area contributed by atoms with Gasteiger partial charge in [-0.15, -0.1) is 0 Å². The fourth-order valence-corrected chi connectivity index (χ4v) is 2.14. The minimum absolute atomic E-state index is 0.0216. The van der Waals surface area contributed by atoms with Crippen molar-refractivity contribution in [1.29, 1.82) is 0 Å². The Hall–Kier alpha value is -2.04. The molecule has 1 aromatic carbocycles. The topological polar surface area (TPSA) is 69.6 Å². The minimum atomic E-state index is -0.809. The monoisotopic (exact) mass is 248 g/mol. The highest BCUT2D eigenvalue weighted by atomic mass is 16.4. The van der Waals surface area contributed by atoms with Crippen LogP contribution in [0.1, 0.15) is 19.8 Å². The first-order valence-corrected chi connectivity index (χ1v) is 5.95. The molecule has 0 fully saturated rings. The molecule has 0 spiro atoms. The Kier molecular flexibility index (Phi) is 3.50. The van der Waals surface area contributed by atoms with Crippen LogP contribution in [0, 0.1) is 0 Å². The number of para-hydroxylation sites is 2. The fraction of sp³-hybridized carbons (Fsp3) is 0.385. The van der Waals surface area contributed by atoms with Gasteiger partial charge in [0.15, 0.2) is 0 Å². The van der Waals surface area contributed by atoms with E-state index in [0.29, 0.717) is 6.42 Å². The van der Waals surface area contributed by atoms with Gasteiger partial charge < -0.3 is 15.3 Å². The molecule has 2 N–H and O–H groups in total. The summed E-state index contributed by atoms with van der Waals surface area (Å²) in [5, 5.41) is 11.5. The maximum atomic E-state index is 11.6. The second kappa shape index (κ2) is 5.08. The largest absolute Gasteiger partial charge is 0.481 e. The van der Waals surface area contributed by atoms with Crippen molar-refractivity contribution >= 4 is 23.3 Å². The molecule has 1 aliphatic heterocycles. The zero-order valence-electron chi connectivity index (χ0n) is 10.2. The molecule has 0 bridgehead atoms. The maximum Gasteiger partial charge on any atom is 0.303 e. The average Bonchev–Trinajstić information content (AvgIpc) is 2.34. The predicted octanol–water partition coefficient (Wildman–Crippen LogP) is 1.70. The second-order valence-electron chi connectivity index (χ2n) is 4.47. The molecule has 1 aromatic rings. The number of carboxylic acids is 1. The number of hydrogen-bond donors (Lipinski definition) is 2. The summed E-state index contributed by atoms with van der Waals surface area (Å²) in [6.45, 7) is 2.22. The van der Waals surface area contributed by atoms with Crippen LogP contribution in [0.25, 0.3) is 0 Å². The van der Waals surface area contributed by atoms with Gasteiger partial charge in [0, 0.05) is 12.5 Å². The van der Waals surface area contributed by atoms with Crippen molar-refractivity contribution < 1.29 is 14.7 Å². The summed E-state index contributed by atoms with van der Waals surface area (Å²) in [5.74, 6) is -0.868. The third-order valence-electron chi connectivity index (χ3n) is 3.11. The van der Waals surface area contributed by atoms with Crippen molar-refractivity contribution in [2.24, 2.45) is 0 Å². The van der Waals surface area contributed by atoms with Crippen LogP contribution in [-0.2, 0) is 9.59 Å². The molecular weight excluding hydrogens is 232 g/mol. The first-order valence-electron chi connectivity index (χ1n) is 5.95. The highest BCUT2D eigenvalue weighted by Crippen LogP contribution is 2.31. The molecular formula is C13H16N2O3. The number of aliphatic carboxylic acids is 1. The lowest BCUT2D eigenvalue weighted by Crippen LogP contribution is -2.43. The molecule has 0 radical (unpaired) electrons. The van der Waals surface area contributed by atoms with Crippen molar-refractivity contribution in [1.82, 2.24) is 0 Å². The Morgan fingerprint density at radius 1 is 1.50 bits per heavy atom. The van der Waals surface area contributed by atoms with Gasteiger partial charge in [0.1, 0.15) is 0 Å².